The summed E-state index contributed by atoms with van der Waals surface area (Å²) in [6.45, 7) is 0. The molecule has 0 spiro atoms. The van der Waals surface area contributed by atoms with Crippen LogP contribution in [0.5, 0.6) is 0 Å². The quantitative estimate of drug-likeness (QED) is 0.757. The van der Waals surface area contributed by atoms with Crippen molar-refractivity contribution in [2.24, 2.45) is 0 Å². The van der Waals surface area contributed by atoms with Crippen molar-refractivity contribution in [3.63, 3.8) is 0 Å². The number of fused-ring (bicyclic) bond motifs is 1. The number of hydrogen-bond donors (Lipinski definition) is 3. The molecule has 0 unspecified atom stereocenters. The molecular weight excluding hydrogens is 302 g/mol. The van der Waals surface area contributed by atoms with Crippen LogP contribution < -0.4 is 10.9 Å². The molecule has 112 valence electrons. The van der Waals surface area contributed by atoms with Crippen LogP contribution in [0.15, 0.2) is 40.3 Å². The summed E-state index contributed by atoms with van der Waals surface area (Å²) in [7, 11) is 0. The van der Waals surface area contributed by atoms with E-state index in [0.717, 1.165) is 24.1 Å². The van der Waals surface area contributed by atoms with E-state index in [0.29, 0.717) is 28.4 Å². The summed E-state index contributed by atoms with van der Waals surface area (Å²) in [6, 6.07) is 7.37. The van der Waals surface area contributed by atoms with E-state index in [1.165, 1.54) is 0 Å². The third-order valence-corrected chi connectivity index (χ3v) is 4.68. The third-order valence-electron chi connectivity index (χ3n) is 4.34. The number of anilines is 1. The Labute approximate surface area is 131 Å². The van der Waals surface area contributed by atoms with Gasteiger partial charge >= 0.3 is 0 Å². The number of aromatic amines is 2. The molecule has 2 aliphatic rings. The number of carbonyl (C=O) groups is 1. The largest absolute Gasteiger partial charge is 0.343 e. The van der Waals surface area contributed by atoms with Gasteiger partial charge in [-0.15, -0.1) is 0 Å². The molecule has 0 saturated heterocycles. The van der Waals surface area contributed by atoms with Crippen LogP contribution in [0.2, 0.25) is 5.02 Å². The number of nitrogens with one attached hydrogen (secondary N) is 3. The van der Waals surface area contributed by atoms with Gasteiger partial charge in [-0.05, 0) is 24.5 Å². The number of aromatic nitrogens is 2. The van der Waals surface area contributed by atoms with E-state index >= 15 is 0 Å². The molecule has 5 nitrogen and oxygen atoms in total. The molecule has 1 aromatic heterocycles. The van der Waals surface area contributed by atoms with Gasteiger partial charge in [-0.1, -0.05) is 29.8 Å². The Morgan fingerprint density at radius 3 is 2.73 bits per heavy atom. The molecule has 3 N–H and O–H groups in total. The summed E-state index contributed by atoms with van der Waals surface area (Å²) in [5.74, 6) is 0.302. The molecule has 0 amide bonds. The van der Waals surface area contributed by atoms with Gasteiger partial charge in [-0.3, -0.25) is 19.8 Å². The molecule has 4 rings (SSSR count). The van der Waals surface area contributed by atoms with Crippen molar-refractivity contribution in [2.45, 2.75) is 25.2 Å². The Bertz CT molecular complexity index is 862. The molecule has 1 aromatic carbocycles. The minimum absolute atomic E-state index is 0.0879. The number of benzene rings is 1. The highest BCUT2D eigenvalue weighted by molar-refractivity contribution is 6.31. The maximum atomic E-state index is 12.5. The number of rotatable bonds is 1. The zero-order valence-electron chi connectivity index (χ0n) is 11.7. The van der Waals surface area contributed by atoms with Gasteiger partial charge in [0.05, 0.1) is 5.56 Å². The zero-order chi connectivity index (χ0) is 15.3. The maximum absolute atomic E-state index is 12.5. The normalized spacial score (nSPS) is 20.4. The van der Waals surface area contributed by atoms with Crippen LogP contribution in [0.3, 0.4) is 0 Å². The highest BCUT2D eigenvalue weighted by Gasteiger charge is 2.38. The van der Waals surface area contributed by atoms with E-state index in [4.69, 9.17) is 11.6 Å². The van der Waals surface area contributed by atoms with Crippen LogP contribution in [0.4, 0.5) is 5.82 Å². The number of halogens is 1. The summed E-state index contributed by atoms with van der Waals surface area (Å²) < 4.78 is 0. The molecule has 6 heteroatoms. The van der Waals surface area contributed by atoms with Gasteiger partial charge in [0.25, 0.3) is 5.56 Å². The van der Waals surface area contributed by atoms with Crippen molar-refractivity contribution in [1.29, 1.82) is 0 Å². The standard InChI is InChI=1S/C16H14ClN3O2/c17-9-5-2-1-4-8(9)12-13-10(6-3-7-11(13)21)18-15-14(12)16(22)20-19-15/h1-2,4-5,12H,3,6-7H2,(H3,18,19,20,22)/t12-/m0/s1. The van der Waals surface area contributed by atoms with Crippen molar-refractivity contribution >= 4 is 23.2 Å². The number of carbonyl (C=O) groups excluding carboxylic acids is 1. The minimum Gasteiger partial charge on any atom is -0.343 e. The summed E-state index contributed by atoms with van der Waals surface area (Å²) in [4.78, 5) is 24.7. The Kier molecular flexibility index (Phi) is 2.97. The number of H-pyrrole nitrogens is 2. The van der Waals surface area contributed by atoms with Crippen molar-refractivity contribution in [2.75, 3.05) is 5.32 Å². The second kappa shape index (κ2) is 4.88. The molecular formula is C16H14ClN3O2. The maximum Gasteiger partial charge on any atom is 0.270 e. The smallest absolute Gasteiger partial charge is 0.270 e. The molecule has 0 saturated carbocycles. The van der Waals surface area contributed by atoms with Gasteiger partial charge in [0.2, 0.25) is 0 Å². The molecule has 0 fully saturated rings. The highest BCUT2D eigenvalue weighted by atomic mass is 35.5. The highest BCUT2D eigenvalue weighted by Crippen LogP contribution is 2.44. The number of ketones is 1. The third kappa shape index (κ3) is 1.85. The molecule has 22 heavy (non-hydrogen) atoms. The van der Waals surface area contributed by atoms with E-state index in [2.05, 4.69) is 15.5 Å². The van der Waals surface area contributed by atoms with Gasteiger partial charge in [-0.25, -0.2) is 0 Å². The predicted octanol–water partition coefficient (Wildman–Crippen LogP) is 2.92. The Balaban J connectivity index is 2.01. The number of allylic oxidation sites excluding steroid dienone is 2. The first-order valence-electron chi connectivity index (χ1n) is 7.25. The van der Waals surface area contributed by atoms with Gasteiger partial charge in [0.15, 0.2) is 5.78 Å². The topological polar surface area (TPSA) is 77.8 Å². The summed E-state index contributed by atoms with van der Waals surface area (Å²) >= 11 is 6.35. The average molecular weight is 316 g/mol. The zero-order valence-corrected chi connectivity index (χ0v) is 12.5. The lowest BCUT2D eigenvalue weighted by Gasteiger charge is -2.31. The van der Waals surface area contributed by atoms with Crippen LogP contribution in [-0.2, 0) is 4.79 Å². The van der Waals surface area contributed by atoms with Crippen LogP contribution in [-0.4, -0.2) is 16.0 Å². The molecule has 0 radical (unpaired) electrons. The summed E-state index contributed by atoms with van der Waals surface area (Å²) in [6.07, 6.45) is 2.14. The first kappa shape index (κ1) is 13.4. The molecule has 1 aliphatic heterocycles. The fraction of sp³-hybridized carbons (Fsp3) is 0.250. The van der Waals surface area contributed by atoms with E-state index in [1.54, 1.807) is 6.07 Å². The average Bonchev–Trinajstić information content (AvgIpc) is 2.88. The molecule has 2 aromatic rings. The van der Waals surface area contributed by atoms with E-state index < -0.39 is 5.92 Å². The number of Topliss-reactive ketones (excluding diaryl/α,β-unsaturated/α-hetero) is 1. The van der Waals surface area contributed by atoms with E-state index in [1.807, 2.05) is 18.2 Å². The van der Waals surface area contributed by atoms with Crippen molar-refractivity contribution < 1.29 is 4.79 Å². The molecule has 1 aliphatic carbocycles. The Morgan fingerprint density at radius 1 is 1.09 bits per heavy atom. The van der Waals surface area contributed by atoms with Crippen LogP contribution in [0, 0.1) is 0 Å². The fourth-order valence-electron chi connectivity index (χ4n) is 3.39. The monoisotopic (exact) mass is 315 g/mol. The number of hydrogen-bond acceptors (Lipinski definition) is 3. The van der Waals surface area contributed by atoms with Crippen molar-refractivity contribution in [3.05, 3.63) is 62.0 Å². The lowest BCUT2D eigenvalue weighted by atomic mass is 9.77. The van der Waals surface area contributed by atoms with Gasteiger partial charge in [0.1, 0.15) is 5.82 Å². The summed E-state index contributed by atoms with van der Waals surface area (Å²) in [5.41, 5.74) is 2.67. The predicted molar refractivity (Wildman–Crippen MR) is 84.2 cm³/mol. The van der Waals surface area contributed by atoms with Crippen LogP contribution >= 0.6 is 11.6 Å². The fourth-order valence-corrected chi connectivity index (χ4v) is 3.63. The first-order valence-corrected chi connectivity index (χ1v) is 7.63. The van der Waals surface area contributed by atoms with Crippen molar-refractivity contribution in [3.8, 4) is 0 Å². The SMILES string of the molecule is O=C1CCCC2=C1[C@H](c1ccccc1Cl)c1c([nH][nH]c1=O)N2. The lowest BCUT2D eigenvalue weighted by Crippen LogP contribution is -2.29. The van der Waals surface area contributed by atoms with E-state index in [-0.39, 0.29) is 11.3 Å². The molecule has 2 heterocycles. The molecule has 0 bridgehead atoms. The van der Waals surface area contributed by atoms with Gasteiger partial charge in [-0.2, -0.15) is 0 Å². The van der Waals surface area contributed by atoms with Crippen LogP contribution in [0.25, 0.3) is 0 Å². The van der Waals surface area contributed by atoms with Gasteiger partial charge in [0, 0.05) is 28.6 Å². The Morgan fingerprint density at radius 2 is 1.91 bits per heavy atom. The van der Waals surface area contributed by atoms with Crippen molar-refractivity contribution in [1.82, 2.24) is 10.2 Å². The van der Waals surface area contributed by atoms with Crippen LogP contribution in [0.1, 0.15) is 36.3 Å². The minimum atomic E-state index is -0.414. The van der Waals surface area contributed by atoms with E-state index in [9.17, 15) is 9.59 Å². The lowest BCUT2D eigenvalue weighted by molar-refractivity contribution is -0.116. The van der Waals surface area contributed by atoms with Gasteiger partial charge < -0.3 is 5.32 Å². The molecule has 1 atom stereocenters. The Hall–Kier alpha value is -2.27. The first-order chi connectivity index (χ1) is 10.7. The second-order valence-corrected chi connectivity index (χ2v) is 6.02. The second-order valence-electron chi connectivity index (χ2n) is 5.62. The summed E-state index contributed by atoms with van der Waals surface area (Å²) in [5, 5.41) is 9.21.